The van der Waals surface area contributed by atoms with Gasteiger partial charge in [0.05, 0.1) is 16.6 Å². The van der Waals surface area contributed by atoms with Crippen LogP contribution in [-0.4, -0.2) is 4.92 Å². The van der Waals surface area contributed by atoms with E-state index in [1.807, 2.05) is 6.07 Å². The molecule has 0 aliphatic carbocycles. The van der Waals surface area contributed by atoms with E-state index in [0.29, 0.717) is 11.1 Å². The molecule has 2 rings (SSSR count). The number of nitro groups is 1. The summed E-state index contributed by atoms with van der Waals surface area (Å²) < 4.78 is 13.0. The number of benzene rings is 2. The van der Waals surface area contributed by atoms with E-state index in [1.54, 1.807) is 6.07 Å². The van der Waals surface area contributed by atoms with Crippen LogP contribution in [-0.2, 0) is 0 Å². The molecule has 2 aromatic rings. The second-order valence-electron chi connectivity index (χ2n) is 3.61. The molecule has 0 aromatic heterocycles. The predicted octanol–water partition coefficient (Wildman–Crippen LogP) is 3.27. The van der Waals surface area contributed by atoms with Crippen molar-refractivity contribution in [2.75, 3.05) is 0 Å². The van der Waals surface area contributed by atoms with Crippen LogP contribution in [0.2, 0.25) is 0 Å². The highest BCUT2D eigenvalue weighted by molar-refractivity contribution is 5.72. The largest absolute Gasteiger partial charge is 0.270 e. The Labute approximate surface area is 102 Å². The summed E-state index contributed by atoms with van der Waals surface area (Å²) in [6, 6.07) is 11.5. The number of non-ortho nitro benzene ring substituents is 1. The molecule has 4 nitrogen and oxygen atoms in total. The molecule has 0 aliphatic rings. The normalized spacial score (nSPS) is 9.78. The monoisotopic (exact) mass is 242 g/mol. The molecule has 0 spiro atoms. The molecule has 0 bridgehead atoms. The molecule has 18 heavy (non-hydrogen) atoms. The van der Waals surface area contributed by atoms with Crippen LogP contribution >= 0.6 is 0 Å². The third-order valence-corrected chi connectivity index (χ3v) is 2.47. The van der Waals surface area contributed by atoms with Gasteiger partial charge in [0.25, 0.3) is 5.69 Å². The van der Waals surface area contributed by atoms with Crippen molar-refractivity contribution in [2.24, 2.45) is 0 Å². The van der Waals surface area contributed by atoms with Crippen LogP contribution in [0.1, 0.15) is 5.56 Å². The van der Waals surface area contributed by atoms with Crippen molar-refractivity contribution in [1.82, 2.24) is 0 Å². The van der Waals surface area contributed by atoms with E-state index >= 15 is 0 Å². The fraction of sp³-hybridized carbons (Fsp3) is 0. The summed E-state index contributed by atoms with van der Waals surface area (Å²) in [7, 11) is 0. The van der Waals surface area contributed by atoms with Gasteiger partial charge in [-0.3, -0.25) is 10.1 Å². The van der Waals surface area contributed by atoms with Crippen LogP contribution in [0.15, 0.2) is 42.5 Å². The van der Waals surface area contributed by atoms with Crippen LogP contribution in [0.5, 0.6) is 0 Å². The Morgan fingerprint density at radius 1 is 1.22 bits per heavy atom. The highest BCUT2D eigenvalue weighted by Gasteiger charge is 2.10. The SMILES string of the molecule is N#Cc1cc(F)ccc1-c1cccc([N+](=O)[O-])c1. The highest BCUT2D eigenvalue weighted by atomic mass is 19.1. The number of halogens is 1. The Morgan fingerprint density at radius 3 is 2.67 bits per heavy atom. The summed E-state index contributed by atoms with van der Waals surface area (Å²) in [5.74, 6) is -0.513. The number of rotatable bonds is 2. The maximum Gasteiger partial charge on any atom is 0.270 e. The molecule has 0 heterocycles. The molecule has 0 atom stereocenters. The Kier molecular flexibility index (Phi) is 3.02. The number of nitrogens with zero attached hydrogens (tertiary/aromatic N) is 2. The van der Waals surface area contributed by atoms with Gasteiger partial charge in [0.15, 0.2) is 0 Å². The fourth-order valence-electron chi connectivity index (χ4n) is 1.65. The maximum absolute atomic E-state index is 13.0. The van der Waals surface area contributed by atoms with Crippen molar-refractivity contribution in [1.29, 1.82) is 5.26 Å². The van der Waals surface area contributed by atoms with Gasteiger partial charge in [-0.05, 0) is 23.3 Å². The minimum absolute atomic E-state index is 0.0688. The van der Waals surface area contributed by atoms with Gasteiger partial charge in [0.2, 0.25) is 0 Å². The predicted molar refractivity (Wildman–Crippen MR) is 63.2 cm³/mol. The molecular formula is C13H7FN2O2. The van der Waals surface area contributed by atoms with Crippen molar-refractivity contribution < 1.29 is 9.31 Å². The molecule has 0 aliphatic heterocycles. The Balaban J connectivity index is 2.59. The van der Waals surface area contributed by atoms with E-state index < -0.39 is 10.7 Å². The second-order valence-corrected chi connectivity index (χ2v) is 3.61. The smallest absolute Gasteiger partial charge is 0.258 e. The van der Waals surface area contributed by atoms with Gasteiger partial charge in [-0.2, -0.15) is 5.26 Å². The van der Waals surface area contributed by atoms with Gasteiger partial charge in [0, 0.05) is 12.1 Å². The molecule has 0 unspecified atom stereocenters. The molecule has 0 fully saturated rings. The molecule has 0 radical (unpaired) electrons. The third-order valence-electron chi connectivity index (χ3n) is 2.47. The quantitative estimate of drug-likeness (QED) is 0.599. The first-order valence-electron chi connectivity index (χ1n) is 5.06. The lowest BCUT2D eigenvalue weighted by atomic mass is 10.00. The summed E-state index contributed by atoms with van der Waals surface area (Å²) in [6.45, 7) is 0. The van der Waals surface area contributed by atoms with Crippen LogP contribution < -0.4 is 0 Å². The second kappa shape index (κ2) is 4.63. The molecule has 88 valence electrons. The van der Waals surface area contributed by atoms with E-state index in [2.05, 4.69) is 0 Å². The molecule has 0 saturated carbocycles. The van der Waals surface area contributed by atoms with Crippen LogP contribution in [0, 0.1) is 27.3 Å². The first kappa shape index (κ1) is 11.7. The van der Waals surface area contributed by atoms with E-state index in [1.165, 1.54) is 30.3 Å². The minimum Gasteiger partial charge on any atom is -0.258 e. The molecule has 2 aromatic carbocycles. The lowest BCUT2D eigenvalue weighted by Gasteiger charge is -2.04. The lowest BCUT2D eigenvalue weighted by molar-refractivity contribution is -0.384. The van der Waals surface area contributed by atoms with Gasteiger partial charge in [-0.25, -0.2) is 4.39 Å². The molecule has 0 N–H and O–H groups in total. The molecule has 0 saturated heterocycles. The number of nitro benzene ring substituents is 1. The summed E-state index contributed by atoms with van der Waals surface area (Å²) in [5, 5.41) is 19.6. The average molecular weight is 242 g/mol. The van der Waals surface area contributed by atoms with Crippen molar-refractivity contribution in [2.45, 2.75) is 0 Å². The summed E-state index contributed by atoms with van der Waals surface area (Å²) >= 11 is 0. The Hall–Kier alpha value is -2.74. The molecule has 5 heteroatoms. The number of hydrogen-bond acceptors (Lipinski definition) is 3. The fourth-order valence-corrected chi connectivity index (χ4v) is 1.65. The van der Waals surface area contributed by atoms with Crippen LogP contribution in [0.3, 0.4) is 0 Å². The zero-order valence-electron chi connectivity index (χ0n) is 9.13. The van der Waals surface area contributed by atoms with Crippen molar-refractivity contribution >= 4 is 5.69 Å². The summed E-state index contributed by atoms with van der Waals surface area (Å²) in [5.41, 5.74) is 1.07. The number of nitriles is 1. The van der Waals surface area contributed by atoms with Crippen molar-refractivity contribution in [3.05, 3.63) is 64.0 Å². The zero-order valence-corrected chi connectivity index (χ0v) is 9.13. The summed E-state index contributed by atoms with van der Waals surface area (Å²) in [4.78, 5) is 10.2. The van der Waals surface area contributed by atoms with E-state index in [0.717, 1.165) is 6.07 Å². The van der Waals surface area contributed by atoms with Gasteiger partial charge in [0.1, 0.15) is 5.82 Å². The van der Waals surface area contributed by atoms with Gasteiger partial charge < -0.3 is 0 Å². The van der Waals surface area contributed by atoms with E-state index in [9.17, 15) is 14.5 Å². The average Bonchev–Trinajstić information content (AvgIpc) is 2.38. The standard InChI is InChI=1S/C13H7FN2O2/c14-11-4-5-13(10(6-11)8-15)9-2-1-3-12(7-9)16(17)18/h1-7H. The highest BCUT2D eigenvalue weighted by Crippen LogP contribution is 2.27. The Bertz CT molecular complexity index is 662. The molecular weight excluding hydrogens is 235 g/mol. The first-order chi connectivity index (χ1) is 8.61. The Morgan fingerprint density at radius 2 is 2.00 bits per heavy atom. The third kappa shape index (κ3) is 2.18. The van der Waals surface area contributed by atoms with Crippen molar-refractivity contribution in [3.63, 3.8) is 0 Å². The topological polar surface area (TPSA) is 66.9 Å². The minimum atomic E-state index is -0.515. The van der Waals surface area contributed by atoms with E-state index in [-0.39, 0.29) is 11.3 Å². The lowest BCUT2D eigenvalue weighted by Crippen LogP contribution is -1.90. The van der Waals surface area contributed by atoms with E-state index in [4.69, 9.17) is 5.26 Å². The summed E-state index contributed by atoms with van der Waals surface area (Å²) in [6.07, 6.45) is 0. The van der Waals surface area contributed by atoms with Gasteiger partial charge in [-0.15, -0.1) is 0 Å². The zero-order chi connectivity index (χ0) is 13.1. The first-order valence-corrected chi connectivity index (χ1v) is 5.06. The maximum atomic E-state index is 13.0. The van der Waals surface area contributed by atoms with Crippen LogP contribution in [0.4, 0.5) is 10.1 Å². The number of hydrogen-bond donors (Lipinski definition) is 0. The van der Waals surface area contributed by atoms with Gasteiger partial charge >= 0.3 is 0 Å². The van der Waals surface area contributed by atoms with Gasteiger partial charge in [-0.1, -0.05) is 18.2 Å². The molecule has 0 amide bonds. The van der Waals surface area contributed by atoms with Crippen LogP contribution in [0.25, 0.3) is 11.1 Å². The van der Waals surface area contributed by atoms with Crippen molar-refractivity contribution in [3.8, 4) is 17.2 Å².